The highest BCUT2D eigenvalue weighted by molar-refractivity contribution is 5.63. The third-order valence-corrected chi connectivity index (χ3v) is 5.25. The Morgan fingerprint density at radius 3 is 1.30 bits per heavy atom. The van der Waals surface area contributed by atoms with Gasteiger partial charge in [-0.3, -0.25) is 0 Å². The SMILES string of the molecule is OC(CC(F)(F)C(F)(F)C(F)(F)C(F)(F)C(F)(F)C(F)(F)C(F)(F)F)c1ccc(-c2ccccc2)cc1. The molecular formula is C21H13F15O. The molecule has 0 aliphatic rings. The minimum atomic E-state index is -8.35. The monoisotopic (exact) mass is 566 g/mol. The average molecular weight is 566 g/mol. The Kier molecular flexibility index (Phi) is 7.66. The number of aliphatic hydroxyl groups is 1. The molecule has 0 bridgehead atoms. The lowest BCUT2D eigenvalue weighted by molar-refractivity contribution is -0.453. The molecule has 1 unspecified atom stereocenters. The summed E-state index contributed by atoms with van der Waals surface area (Å²) in [5.41, 5.74) is 0.255. The molecule has 0 spiro atoms. The molecule has 1 atom stereocenters. The first kappa shape index (κ1) is 30.6. The van der Waals surface area contributed by atoms with Crippen molar-refractivity contribution in [1.29, 1.82) is 0 Å². The van der Waals surface area contributed by atoms with E-state index in [1.165, 1.54) is 0 Å². The van der Waals surface area contributed by atoms with Crippen LogP contribution in [0.2, 0.25) is 0 Å². The Balaban J connectivity index is 2.38. The molecule has 1 N–H and O–H groups in total. The van der Waals surface area contributed by atoms with Crippen LogP contribution in [0.5, 0.6) is 0 Å². The summed E-state index contributed by atoms with van der Waals surface area (Å²) in [4.78, 5) is 0. The first-order valence-electron chi connectivity index (χ1n) is 9.63. The van der Waals surface area contributed by atoms with Gasteiger partial charge in [-0.1, -0.05) is 54.6 Å². The molecule has 0 radical (unpaired) electrons. The van der Waals surface area contributed by atoms with Crippen molar-refractivity contribution in [3.8, 4) is 11.1 Å². The van der Waals surface area contributed by atoms with Crippen molar-refractivity contribution in [2.75, 3.05) is 0 Å². The quantitative estimate of drug-likeness (QED) is 0.304. The summed E-state index contributed by atoms with van der Waals surface area (Å²) in [6, 6.07) is 11.9. The number of alkyl halides is 15. The molecule has 0 amide bonds. The summed E-state index contributed by atoms with van der Waals surface area (Å²) in [7, 11) is 0. The highest BCUT2D eigenvalue weighted by Crippen LogP contribution is 2.63. The van der Waals surface area contributed by atoms with E-state index in [9.17, 15) is 71.0 Å². The predicted molar refractivity (Wildman–Crippen MR) is 97.2 cm³/mol. The van der Waals surface area contributed by atoms with Gasteiger partial charge in [0.25, 0.3) is 0 Å². The summed E-state index contributed by atoms with van der Waals surface area (Å²) >= 11 is 0. The van der Waals surface area contributed by atoms with Crippen LogP contribution in [0, 0.1) is 0 Å². The van der Waals surface area contributed by atoms with E-state index in [1.807, 2.05) is 0 Å². The summed E-state index contributed by atoms with van der Waals surface area (Å²) in [5, 5.41) is 9.78. The second kappa shape index (κ2) is 9.27. The molecule has 0 aliphatic carbocycles. The van der Waals surface area contributed by atoms with E-state index in [0.29, 0.717) is 11.1 Å². The van der Waals surface area contributed by atoms with Gasteiger partial charge in [0.2, 0.25) is 0 Å². The summed E-state index contributed by atoms with van der Waals surface area (Å²) in [6.07, 6.45) is -13.3. The van der Waals surface area contributed by atoms with Crippen LogP contribution in [-0.2, 0) is 0 Å². The minimum Gasteiger partial charge on any atom is -0.388 e. The third-order valence-electron chi connectivity index (χ3n) is 5.25. The fraction of sp³-hybridized carbons (Fsp3) is 0.429. The van der Waals surface area contributed by atoms with Crippen LogP contribution >= 0.6 is 0 Å². The Morgan fingerprint density at radius 1 is 0.486 bits per heavy atom. The highest BCUT2D eigenvalue weighted by Gasteiger charge is 2.93. The van der Waals surface area contributed by atoms with Gasteiger partial charge in [0.05, 0.1) is 6.10 Å². The van der Waals surface area contributed by atoms with Crippen molar-refractivity contribution < 1.29 is 71.0 Å². The Labute approximate surface area is 197 Å². The first-order chi connectivity index (χ1) is 16.5. The normalized spacial score (nSPS) is 15.6. The molecule has 0 fully saturated rings. The van der Waals surface area contributed by atoms with Crippen molar-refractivity contribution in [3.05, 3.63) is 60.2 Å². The zero-order valence-electron chi connectivity index (χ0n) is 17.6. The number of rotatable bonds is 9. The highest BCUT2D eigenvalue weighted by atomic mass is 19.4. The predicted octanol–water partition coefficient (Wildman–Crippen LogP) is 8.15. The van der Waals surface area contributed by atoms with E-state index >= 15 is 0 Å². The second-order valence-corrected chi connectivity index (χ2v) is 7.78. The zero-order valence-corrected chi connectivity index (χ0v) is 17.6. The lowest BCUT2D eigenvalue weighted by atomic mass is 9.88. The molecule has 0 aromatic heterocycles. The van der Waals surface area contributed by atoms with Crippen LogP contribution in [0.4, 0.5) is 65.9 Å². The van der Waals surface area contributed by atoms with Crippen molar-refractivity contribution in [2.45, 2.75) is 54.2 Å². The summed E-state index contributed by atoms with van der Waals surface area (Å²) < 4.78 is 199. The molecule has 0 saturated heterocycles. The Bertz CT molecular complexity index is 1060. The molecule has 208 valence electrons. The van der Waals surface area contributed by atoms with E-state index in [0.717, 1.165) is 24.3 Å². The number of benzene rings is 2. The van der Waals surface area contributed by atoms with Crippen LogP contribution in [0.3, 0.4) is 0 Å². The van der Waals surface area contributed by atoms with Crippen LogP contribution in [0.25, 0.3) is 11.1 Å². The lowest BCUT2D eigenvalue weighted by Gasteiger charge is -2.41. The van der Waals surface area contributed by atoms with Gasteiger partial charge in [0, 0.05) is 6.42 Å². The molecule has 2 aromatic rings. The van der Waals surface area contributed by atoms with Crippen molar-refractivity contribution in [2.24, 2.45) is 0 Å². The molecule has 37 heavy (non-hydrogen) atoms. The first-order valence-corrected chi connectivity index (χ1v) is 9.63. The summed E-state index contributed by atoms with van der Waals surface area (Å²) in [6.45, 7) is 0. The molecule has 0 aliphatic heterocycles. The number of hydrogen-bond donors (Lipinski definition) is 1. The van der Waals surface area contributed by atoms with Crippen LogP contribution in [-0.4, -0.2) is 46.8 Å². The van der Waals surface area contributed by atoms with Gasteiger partial charge >= 0.3 is 41.7 Å². The minimum absolute atomic E-state index is 0.382. The smallest absolute Gasteiger partial charge is 0.388 e. The molecular weight excluding hydrogens is 553 g/mol. The molecule has 16 heteroatoms. The van der Waals surface area contributed by atoms with E-state index in [-0.39, 0.29) is 0 Å². The van der Waals surface area contributed by atoms with Gasteiger partial charge < -0.3 is 5.11 Å². The standard InChI is InChI=1S/C21H13F15O/c22-15(23,10-14(37)13-8-6-12(7-9-13)11-4-2-1-3-5-11)16(24,25)17(26,27)18(28,29)19(30,31)20(32,33)21(34,35)36/h1-9,14,37H,10H2. The Hall–Kier alpha value is -2.65. The largest absolute Gasteiger partial charge is 0.460 e. The summed E-state index contributed by atoms with van der Waals surface area (Å²) in [5.74, 6) is -47.0. The number of halogens is 15. The fourth-order valence-electron chi connectivity index (χ4n) is 3.02. The van der Waals surface area contributed by atoms with E-state index in [4.69, 9.17) is 0 Å². The zero-order chi connectivity index (χ0) is 28.9. The maximum absolute atomic E-state index is 14.0. The topological polar surface area (TPSA) is 20.2 Å². The number of aliphatic hydroxyl groups excluding tert-OH is 1. The Morgan fingerprint density at radius 2 is 0.865 bits per heavy atom. The maximum Gasteiger partial charge on any atom is 0.460 e. The maximum atomic E-state index is 14.0. The molecule has 2 aromatic carbocycles. The third kappa shape index (κ3) is 4.83. The van der Waals surface area contributed by atoms with E-state index < -0.39 is 59.8 Å². The van der Waals surface area contributed by atoms with Gasteiger partial charge in [-0.25, -0.2) is 0 Å². The number of hydrogen-bond acceptors (Lipinski definition) is 1. The second-order valence-electron chi connectivity index (χ2n) is 7.78. The van der Waals surface area contributed by atoms with Gasteiger partial charge in [-0.2, -0.15) is 65.9 Å². The van der Waals surface area contributed by atoms with Gasteiger partial charge in [-0.15, -0.1) is 0 Å². The van der Waals surface area contributed by atoms with E-state index in [1.54, 1.807) is 30.3 Å². The van der Waals surface area contributed by atoms with Gasteiger partial charge in [0.15, 0.2) is 0 Å². The molecule has 1 nitrogen and oxygen atoms in total. The molecule has 2 rings (SSSR count). The van der Waals surface area contributed by atoms with Crippen molar-refractivity contribution in [1.82, 2.24) is 0 Å². The van der Waals surface area contributed by atoms with Crippen molar-refractivity contribution in [3.63, 3.8) is 0 Å². The van der Waals surface area contributed by atoms with Crippen LogP contribution in [0.1, 0.15) is 18.1 Å². The van der Waals surface area contributed by atoms with E-state index in [2.05, 4.69) is 0 Å². The van der Waals surface area contributed by atoms with Gasteiger partial charge in [0.1, 0.15) is 0 Å². The van der Waals surface area contributed by atoms with Crippen LogP contribution < -0.4 is 0 Å². The van der Waals surface area contributed by atoms with Crippen LogP contribution in [0.15, 0.2) is 54.6 Å². The molecule has 0 heterocycles. The molecule has 0 saturated carbocycles. The fourth-order valence-corrected chi connectivity index (χ4v) is 3.02. The van der Waals surface area contributed by atoms with Crippen molar-refractivity contribution >= 4 is 0 Å². The average Bonchev–Trinajstić information content (AvgIpc) is 2.78. The lowest BCUT2D eigenvalue weighted by Crippen LogP contribution is -2.72. The van der Waals surface area contributed by atoms with Gasteiger partial charge in [-0.05, 0) is 16.7 Å².